The number of carboxylic acid groups (broad SMARTS) is 1. The number of para-hydroxylation sites is 2. The van der Waals surface area contributed by atoms with Crippen LogP contribution in [0.15, 0.2) is 53.5 Å². The third-order valence-electron chi connectivity index (χ3n) is 3.88. The van der Waals surface area contributed by atoms with Crippen LogP contribution in [0.2, 0.25) is 0 Å². The van der Waals surface area contributed by atoms with Gasteiger partial charge in [-0.15, -0.1) is 0 Å². The maximum atomic E-state index is 11.3. The number of aromatic nitrogens is 1. The summed E-state index contributed by atoms with van der Waals surface area (Å²) in [5, 5.41) is 22.8. The van der Waals surface area contributed by atoms with Crippen molar-refractivity contribution in [3.8, 4) is 5.88 Å². The van der Waals surface area contributed by atoms with Crippen molar-refractivity contribution in [2.24, 2.45) is 4.99 Å². The fourth-order valence-electron chi connectivity index (χ4n) is 2.66. The Kier molecular flexibility index (Phi) is 3.98. The molecule has 0 unspecified atom stereocenters. The molecule has 0 amide bonds. The molecule has 2 heterocycles. The number of carboxylic acids is 1. The molecule has 1 aliphatic rings. The number of aromatic hydroxyl groups is 1. The minimum Gasteiger partial charge on any atom is -0.492 e. The molecule has 0 saturated heterocycles. The van der Waals surface area contributed by atoms with E-state index in [0.717, 1.165) is 16.8 Å². The minimum atomic E-state index is -1.03. The summed E-state index contributed by atoms with van der Waals surface area (Å²) in [5.74, 6) is -1.15. The molecule has 0 saturated carbocycles. The largest absolute Gasteiger partial charge is 0.492 e. The smallest absolute Gasteiger partial charge is 0.337 e. The number of fused-ring (bicyclic) bond motifs is 1. The monoisotopic (exact) mass is 363 g/mol. The highest BCUT2D eigenvalue weighted by Crippen LogP contribution is 2.37. The van der Waals surface area contributed by atoms with Gasteiger partial charge in [-0.2, -0.15) is 4.98 Å². The fraction of sp³-hybridized carbons (Fsp3) is 0. The summed E-state index contributed by atoms with van der Waals surface area (Å²) in [4.78, 5) is 20.3. The number of carbonyl (C=O) groups is 1. The molecule has 26 heavy (non-hydrogen) atoms. The summed E-state index contributed by atoms with van der Waals surface area (Å²) in [6.45, 7) is 0. The molecule has 0 fully saturated rings. The van der Waals surface area contributed by atoms with Crippen LogP contribution in [-0.4, -0.2) is 27.4 Å². The summed E-state index contributed by atoms with van der Waals surface area (Å²) in [6, 6.07) is 14.3. The molecular formula is C19H13N3O3S. The molecule has 128 valence electrons. The molecule has 3 aromatic rings. The van der Waals surface area contributed by atoms with Crippen LogP contribution in [0.3, 0.4) is 0 Å². The molecule has 0 radical (unpaired) electrons. The first-order valence-electron chi connectivity index (χ1n) is 7.76. The van der Waals surface area contributed by atoms with Crippen molar-refractivity contribution in [3.05, 3.63) is 64.5 Å². The zero-order chi connectivity index (χ0) is 18.1. The number of allylic oxidation sites excluding steroid dienone is 1. The van der Waals surface area contributed by atoms with Gasteiger partial charge < -0.3 is 15.5 Å². The first-order valence-corrected chi connectivity index (χ1v) is 8.58. The molecule has 7 heteroatoms. The van der Waals surface area contributed by atoms with Crippen molar-refractivity contribution in [1.82, 2.24) is 4.98 Å². The number of nitrogens with one attached hydrogen (secondary N) is 1. The lowest BCUT2D eigenvalue weighted by atomic mass is 10.1. The van der Waals surface area contributed by atoms with Gasteiger partial charge in [-0.1, -0.05) is 41.7 Å². The van der Waals surface area contributed by atoms with E-state index in [1.165, 1.54) is 17.4 Å². The lowest BCUT2D eigenvalue weighted by Gasteiger charge is -2.05. The van der Waals surface area contributed by atoms with Crippen molar-refractivity contribution >= 4 is 51.7 Å². The number of hydrogen-bond acceptors (Lipinski definition) is 6. The van der Waals surface area contributed by atoms with Gasteiger partial charge in [-0.3, -0.25) is 4.99 Å². The Labute approximate surface area is 152 Å². The van der Waals surface area contributed by atoms with Crippen LogP contribution < -0.4 is 5.32 Å². The Morgan fingerprint density at radius 1 is 1.12 bits per heavy atom. The Balaban J connectivity index is 1.65. The van der Waals surface area contributed by atoms with Gasteiger partial charge in [0.1, 0.15) is 0 Å². The molecule has 6 nitrogen and oxygen atoms in total. The predicted molar refractivity (Wildman–Crippen MR) is 103 cm³/mol. The molecule has 2 aromatic carbocycles. The number of thiazole rings is 1. The Morgan fingerprint density at radius 3 is 2.73 bits per heavy atom. The summed E-state index contributed by atoms with van der Waals surface area (Å²) in [7, 11) is 0. The van der Waals surface area contributed by atoms with Gasteiger partial charge in [0.05, 0.1) is 21.8 Å². The van der Waals surface area contributed by atoms with E-state index in [9.17, 15) is 15.0 Å². The van der Waals surface area contributed by atoms with Crippen LogP contribution in [-0.2, 0) is 0 Å². The average molecular weight is 363 g/mol. The zero-order valence-electron chi connectivity index (χ0n) is 13.4. The van der Waals surface area contributed by atoms with E-state index >= 15 is 0 Å². The second kappa shape index (κ2) is 6.45. The minimum absolute atomic E-state index is 0.115. The quantitative estimate of drug-likeness (QED) is 0.632. The van der Waals surface area contributed by atoms with Gasteiger partial charge in [-0.25, -0.2) is 4.79 Å². The molecule has 1 aliphatic heterocycles. The highest BCUT2D eigenvalue weighted by Gasteiger charge is 2.16. The molecule has 0 aliphatic carbocycles. The van der Waals surface area contributed by atoms with Crippen LogP contribution in [0.4, 0.5) is 16.5 Å². The van der Waals surface area contributed by atoms with Gasteiger partial charge in [-0.05, 0) is 24.3 Å². The molecule has 1 aromatic heterocycles. The Hall–Kier alpha value is -3.45. The van der Waals surface area contributed by atoms with E-state index in [2.05, 4.69) is 15.3 Å². The van der Waals surface area contributed by atoms with Crippen LogP contribution in [0.25, 0.3) is 11.6 Å². The number of rotatable bonds is 4. The standard InChI is InChI=1S/C19H13N3O3S/c23-17-16(9-11-10-20-14-7-3-1-5-12(11)14)26-19(22-17)21-15-8-4-2-6-13(15)18(24)25/h1-10,23H,(H,21,22)(H,24,25)/b11-9+. The number of benzene rings is 2. The average Bonchev–Trinajstić information content (AvgIpc) is 3.19. The predicted octanol–water partition coefficient (Wildman–Crippen LogP) is 4.55. The fourth-order valence-corrected chi connectivity index (χ4v) is 3.48. The van der Waals surface area contributed by atoms with E-state index in [4.69, 9.17) is 0 Å². The number of aromatic carboxylic acids is 1. The second-order valence-corrected chi connectivity index (χ2v) is 6.59. The van der Waals surface area contributed by atoms with Gasteiger partial charge >= 0.3 is 5.97 Å². The van der Waals surface area contributed by atoms with E-state index in [1.807, 2.05) is 30.3 Å². The third kappa shape index (κ3) is 2.96. The van der Waals surface area contributed by atoms with Crippen LogP contribution in [0.5, 0.6) is 5.88 Å². The summed E-state index contributed by atoms with van der Waals surface area (Å²) in [5.41, 5.74) is 3.32. The van der Waals surface area contributed by atoms with Gasteiger partial charge in [0.25, 0.3) is 0 Å². The number of hydrogen-bond donors (Lipinski definition) is 3. The van der Waals surface area contributed by atoms with Gasteiger partial charge in [0, 0.05) is 17.4 Å². The van der Waals surface area contributed by atoms with Crippen LogP contribution in [0.1, 0.15) is 20.8 Å². The van der Waals surface area contributed by atoms with Crippen LogP contribution >= 0.6 is 11.3 Å². The third-order valence-corrected chi connectivity index (χ3v) is 4.78. The SMILES string of the molecule is O=C(O)c1ccccc1Nc1nc(O)c(/C=C2\C=Nc3ccccc32)s1. The first-order chi connectivity index (χ1) is 12.6. The number of nitrogens with zero attached hydrogens (tertiary/aromatic N) is 2. The van der Waals surface area contributed by atoms with Gasteiger partial charge in [0.2, 0.25) is 5.88 Å². The second-order valence-electron chi connectivity index (χ2n) is 5.56. The summed E-state index contributed by atoms with van der Waals surface area (Å²) < 4.78 is 0. The topological polar surface area (TPSA) is 94.8 Å². The molecular weight excluding hydrogens is 350 g/mol. The molecule has 0 bridgehead atoms. The summed E-state index contributed by atoms with van der Waals surface area (Å²) in [6.07, 6.45) is 3.56. The molecule has 0 atom stereocenters. The highest BCUT2D eigenvalue weighted by molar-refractivity contribution is 7.16. The normalized spacial score (nSPS) is 13.8. The maximum Gasteiger partial charge on any atom is 0.337 e. The highest BCUT2D eigenvalue weighted by atomic mass is 32.1. The van der Waals surface area contributed by atoms with Crippen molar-refractivity contribution in [2.45, 2.75) is 0 Å². The number of anilines is 2. The zero-order valence-corrected chi connectivity index (χ0v) is 14.2. The molecule has 3 N–H and O–H groups in total. The van der Waals surface area contributed by atoms with E-state index in [-0.39, 0.29) is 11.4 Å². The van der Waals surface area contributed by atoms with Crippen molar-refractivity contribution in [1.29, 1.82) is 0 Å². The first kappa shape index (κ1) is 16.0. The lowest BCUT2D eigenvalue weighted by Crippen LogP contribution is -2.01. The van der Waals surface area contributed by atoms with E-state index in [0.29, 0.717) is 15.7 Å². The maximum absolute atomic E-state index is 11.3. The Bertz CT molecular complexity index is 1070. The van der Waals surface area contributed by atoms with E-state index < -0.39 is 5.97 Å². The van der Waals surface area contributed by atoms with Crippen molar-refractivity contribution in [2.75, 3.05) is 5.32 Å². The molecule has 4 rings (SSSR count). The number of aliphatic imine (C=N–C) groups is 1. The lowest BCUT2D eigenvalue weighted by molar-refractivity contribution is 0.0698. The van der Waals surface area contributed by atoms with E-state index in [1.54, 1.807) is 24.4 Å². The van der Waals surface area contributed by atoms with Gasteiger partial charge in [0.15, 0.2) is 5.13 Å². The summed E-state index contributed by atoms with van der Waals surface area (Å²) >= 11 is 1.23. The van der Waals surface area contributed by atoms with Crippen LogP contribution in [0, 0.1) is 0 Å². The van der Waals surface area contributed by atoms with Crippen molar-refractivity contribution < 1.29 is 15.0 Å². The Morgan fingerprint density at radius 2 is 1.88 bits per heavy atom. The van der Waals surface area contributed by atoms with Crippen molar-refractivity contribution in [3.63, 3.8) is 0 Å². The molecule has 0 spiro atoms.